The van der Waals surface area contributed by atoms with Crippen LogP contribution < -0.4 is 0 Å². The monoisotopic (exact) mass is 581 g/mol. The number of allylic oxidation sites excluding steroid dienone is 1. The molecule has 7 heteroatoms. The molecule has 2 atom stereocenters. The van der Waals surface area contributed by atoms with E-state index in [1.165, 1.54) is 24.3 Å². The molecule has 0 N–H and O–H groups in total. The Morgan fingerprint density at radius 3 is 1.78 bits per heavy atom. The molecule has 1 aliphatic rings. The quantitative estimate of drug-likeness (QED) is 0.196. The Balaban J connectivity index is 1.59. The van der Waals surface area contributed by atoms with Crippen molar-refractivity contribution in [3.63, 3.8) is 0 Å². The maximum absolute atomic E-state index is 14.6. The zero-order chi connectivity index (χ0) is 28.8. The van der Waals surface area contributed by atoms with Gasteiger partial charge in [-0.3, -0.25) is 0 Å². The molecule has 0 radical (unpaired) electrons. The third-order valence-electron chi connectivity index (χ3n) is 8.46. The van der Waals surface area contributed by atoms with Crippen molar-refractivity contribution in [3.8, 4) is 0 Å². The van der Waals surface area contributed by atoms with E-state index in [4.69, 9.17) is 0 Å². The van der Waals surface area contributed by atoms with Gasteiger partial charge in [0.05, 0.1) is 9.79 Å². The van der Waals surface area contributed by atoms with Crippen LogP contribution in [0.3, 0.4) is 0 Å². The van der Waals surface area contributed by atoms with Gasteiger partial charge in [-0.2, -0.15) is 0 Å². The number of benzene rings is 4. The largest absolute Gasteiger partial charge is 0.350 e. The molecule has 0 saturated heterocycles. The number of aryl methyl sites for hydroxylation is 1. The fraction of sp³-hybridized carbons (Fsp3) is 0.176. The summed E-state index contributed by atoms with van der Waals surface area (Å²) >= 11 is 0. The van der Waals surface area contributed by atoms with Crippen molar-refractivity contribution < 1.29 is 16.8 Å². The molecule has 1 aromatic heterocycles. The lowest BCUT2D eigenvalue weighted by Crippen LogP contribution is -2.44. The number of nitrogens with zero attached hydrogens (tertiary/aromatic N) is 1. The molecule has 6 rings (SSSR count). The van der Waals surface area contributed by atoms with Crippen LogP contribution in [0.2, 0.25) is 0 Å². The fourth-order valence-corrected chi connectivity index (χ4v) is 11.6. The zero-order valence-corrected chi connectivity index (χ0v) is 24.4. The molecule has 1 saturated carbocycles. The summed E-state index contributed by atoms with van der Waals surface area (Å²) in [5, 5.41) is 1.05. The van der Waals surface area contributed by atoms with Gasteiger partial charge in [0.25, 0.3) is 0 Å². The lowest BCUT2D eigenvalue weighted by Gasteiger charge is -2.30. The predicted molar refractivity (Wildman–Crippen MR) is 163 cm³/mol. The van der Waals surface area contributed by atoms with Crippen LogP contribution in [-0.4, -0.2) is 25.5 Å². The zero-order valence-electron chi connectivity index (χ0n) is 22.7. The molecule has 0 aliphatic heterocycles. The van der Waals surface area contributed by atoms with Crippen molar-refractivity contribution in [2.45, 2.75) is 32.6 Å². The molecule has 208 valence electrons. The second-order valence-corrected chi connectivity index (χ2v) is 15.6. The summed E-state index contributed by atoms with van der Waals surface area (Å²) < 4.78 is 58.2. The molecule has 4 aromatic carbocycles. The number of fused-ring (bicyclic) bond motifs is 1. The summed E-state index contributed by atoms with van der Waals surface area (Å²) in [4.78, 5) is -0.0104. The van der Waals surface area contributed by atoms with E-state index in [1.807, 2.05) is 55.6 Å². The minimum absolute atomic E-state index is 0.00521. The number of para-hydroxylation sites is 1. The Labute approximate surface area is 241 Å². The van der Waals surface area contributed by atoms with Gasteiger partial charge < -0.3 is 4.57 Å². The lowest BCUT2D eigenvalue weighted by molar-refractivity contribution is 0.503. The summed E-state index contributed by atoms with van der Waals surface area (Å²) in [5.74, 6) is -0.742. The Kier molecular flexibility index (Phi) is 6.75. The van der Waals surface area contributed by atoms with Crippen LogP contribution >= 0.6 is 0 Å². The second kappa shape index (κ2) is 10.2. The summed E-state index contributed by atoms with van der Waals surface area (Å²) in [7, 11) is -6.73. The summed E-state index contributed by atoms with van der Waals surface area (Å²) in [5.41, 5.74) is 3.67. The number of aromatic nitrogens is 1. The average molecular weight is 582 g/mol. The van der Waals surface area contributed by atoms with Crippen molar-refractivity contribution >= 4 is 30.6 Å². The molecule has 5 aromatic rings. The van der Waals surface area contributed by atoms with Crippen LogP contribution in [-0.2, 0) is 26.7 Å². The van der Waals surface area contributed by atoms with Crippen LogP contribution in [0.5, 0.6) is 0 Å². The first-order chi connectivity index (χ1) is 19.7. The van der Waals surface area contributed by atoms with Crippen LogP contribution in [0.15, 0.2) is 143 Å². The van der Waals surface area contributed by atoms with E-state index in [9.17, 15) is 16.8 Å². The molecule has 0 amide bonds. The fourth-order valence-electron chi connectivity index (χ4n) is 6.47. The van der Waals surface area contributed by atoms with Crippen molar-refractivity contribution in [2.24, 2.45) is 13.0 Å². The summed E-state index contributed by atoms with van der Waals surface area (Å²) in [6.07, 6.45) is 1.79. The van der Waals surface area contributed by atoms with Gasteiger partial charge in [0.1, 0.15) is 0 Å². The minimum atomic E-state index is -4.36. The molecule has 0 unspecified atom stereocenters. The molecule has 1 heterocycles. The van der Waals surface area contributed by atoms with Crippen LogP contribution in [0.1, 0.15) is 29.9 Å². The van der Waals surface area contributed by atoms with Crippen LogP contribution in [0, 0.1) is 5.92 Å². The van der Waals surface area contributed by atoms with Gasteiger partial charge in [-0.25, -0.2) is 16.8 Å². The lowest BCUT2D eigenvalue weighted by atomic mass is 9.78. The number of rotatable bonds is 7. The Morgan fingerprint density at radius 2 is 1.22 bits per heavy atom. The topological polar surface area (TPSA) is 73.2 Å². The molecule has 41 heavy (non-hydrogen) atoms. The van der Waals surface area contributed by atoms with Gasteiger partial charge in [0.2, 0.25) is 0 Å². The highest BCUT2D eigenvalue weighted by Crippen LogP contribution is 2.56. The van der Waals surface area contributed by atoms with Gasteiger partial charge in [0, 0.05) is 36.5 Å². The van der Waals surface area contributed by atoms with E-state index >= 15 is 0 Å². The van der Waals surface area contributed by atoms with Crippen LogP contribution in [0.4, 0.5) is 0 Å². The van der Waals surface area contributed by atoms with Gasteiger partial charge in [-0.1, -0.05) is 97.1 Å². The average Bonchev–Trinajstić information content (AvgIpc) is 3.53. The number of hydrogen-bond donors (Lipinski definition) is 0. The highest BCUT2D eigenvalue weighted by molar-refractivity contribution is 8.10. The van der Waals surface area contributed by atoms with Crippen molar-refractivity contribution in [3.05, 3.63) is 145 Å². The van der Waals surface area contributed by atoms with E-state index in [0.29, 0.717) is 5.57 Å². The van der Waals surface area contributed by atoms with Gasteiger partial charge >= 0.3 is 0 Å². The standard InChI is InChI=1S/C34H31NO4S2/c1-25-22-34(40(36,37)27-16-8-4-9-17-27,41(38,39)28-18-10-5-11-19-28)23-30(25)33(26-14-6-3-7-15-26)31-24-35(2)32-21-13-12-20-29(31)32/h3-21,24,30,33H,1,22-23H2,2H3/t30-,33-/m0/s1. The van der Waals surface area contributed by atoms with E-state index in [0.717, 1.165) is 22.0 Å². The van der Waals surface area contributed by atoms with E-state index in [-0.39, 0.29) is 28.6 Å². The normalized spacial score (nSPS) is 18.0. The SMILES string of the molecule is C=C1CC(S(=O)(=O)c2ccccc2)(S(=O)(=O)c2ccccc2)C[C@@H]1[C@H](c1ccccc1)c1cn(C)c2ccccc12. The van der Waals surface area contributed by atoms with E-state index < -0.39 is 29.7 Å². The first-order valence-electron chi connectivity index (χ1n) is 13.5. The number of sulfone groups is 2. The maximum Gasteiger partial charge on any atom is 0.199 e. The Hall–Kier alpha value is -3.94. The highest BCUT2D eigenvalue weighted by atomic mass is 32.3. The van der Waals surface area contributed by atoms with Crippen molar-refractivity contribution in [1.82, 2.24) is 4.57 Å². The first-order valence-corrected chi connectivity index (χ1v) is 16.5. The molecule has 1 aliphatic carbocycles. The van der Waals surface area contributed by atoms with Gasteiger partial charge in [-0.05, 0) is 53.8 Å². The van der Waals surface area contributed by atoms with E-state index in [2.05, 4.69) is 23.4 Å². The molecular formula is C34H31NO4S2. The second-order valence-electron chi connectivity index (χ2n) is 10.8. The van der Waals surface area contributed by atoms with Gasteiger partial charge in [-0.15, -0.1) is 0 Å². The molecule has 5 nitrogen and oxygen atoms in total. The van der Waals surface area contributed by atoms with Crippen LogP contribution in [0.25, 0.3) is 10.9 Å². The summed E-state index contributed by atoms with van der Waals surface area (Å²) in [6.45, 7) is 4.37. The highest BCUT2D eigenvalue weighted by Gasteiger charge is 2.62. The molecular weight excluding hydrogens is 551 g/mol. The smallest absolute Gasteiger partial charge is 0.199 e. The third kappa shape index (κ3) is 4.26. The van der Waals surface area contributed by atoms with E-state index in [1.54, 1.807) is 36.4 Å². The Morgan fingerprint density at radius 1 is 0.732 bits per heavy atom. The Bertz CT molecular complexity index is 1880. The number of hydrogen-bond acceptors (Lipinski definition) is 4. The van der Waals surface area contributed by atoms with Crippen molar-refractivity contribution in [2.75, 3.05) is 0 Å². The molecule has 1 fully saturated rings. The molecule has 0 bridgehead atoms. The summed E-state index contributed by atoms with van der Waals surface area (Å²) in [6, 6.07) is 33.9. The maximum atomic E-state index is 14.6. The van der Waals surface area contributed by atoms with Crippen molar-refractivity contribution in [1.29, 1.82) is 0 Å². The molecule has 0 spiro atoms. The first kappa shape index (κ1) is 27.2. The third-order valence-corrected chi connectivity index (χ3v) is 14.1. The predicted octanol–water partition coefficient (Wildman–Crippen LogP) is 6.92. The van der Waals surface area contributed by atoms with Gasteiger partial charge in [0.15, 0.2) is 23.8 Å². The minimum Gasteiger partial charge on any atom is -0.350 e.